The molecular formula is C11H16N2OS. The Labute approximate surface area is 94.2 Å². The first-order valence-electron chi connectivity index (χ1n) is 4.77. The highest BCUT2D eigenvalue weighted by molar-refractivity contribution is 7.13. The maximum Gasteiger partial charge on any atom is 0.263 e. The first kappa shape index (κ1) is 11.9. The lowest BCUT2D eigenvalue weighted by Gasteiger charge is -2.29. The van der Waals surface area contributed by atoms with Gasteiger partial charge >= 0.3 is 0 Å². The van der Waals surface area contributed by atoms with Crippen LogP contribution in [0.3, 0.4) is 0 Å². The first-order chi connectivity index (χ1) is 6.98. The van der Waals surface area contributed by atoms with Crippen molar-refractivity contribution < 1.29 is 4.79 Å². The van der Waals surface area contributed by atoms with Crippen molar-refractivity contribution in [3.8, 4) is 0 Å². The Morgan fingerprint density at radius 2 is 2.07 bits per heavy atom. The van der Waals surface area contributed by atoms with Crippen LogP contribution in [0.2, 0.25) is 0 Å². The Kier molecular flexibility index (Phi) is 3.29. The van der Waals surface area contributed by atoms with Gasteiger partial charge < -0.3 is 5.32 Å². The van der Waals surface area contributed by atoms with E-state index in [-0.39, 0.29) is 11.4 Å². The van der Waals surface area contributed by atoms with Crippen LogP contribution in [0.5, 0.6) is 0 Å². The summed E-state index contributed by atoms with van der Waals surface area (Å²) < 4.78 is 0. The van der Waals surface area contributed by atoms with Crippen molar-refractivity contribution in [3.05, 3.63) is 28.7 Å². The molecule has 0 saturated carbocycles. The number of hydrogen-bond donors (Lipinski definition) is 1. The number of aryl methyl sites for hydroxylation is 1. The molecule has 1 aliphatic rings. The van der Waals surface area contributed by atoms with Crippen LogP contribution < -0.4 is 5.32 Å². The van der Waals surface area contributed by atoms with Gasteiger partial charge in [-0.25, -0.2) is 4.98 Å². The minimum atomic E-state index is -0.148. The molecule has 0 aliphatic carbocycles. The monoisotopic (exact) mass is 224 g/mol. The highest BCUT2D eigenvalue weighted by Gasteiger charge is 2.32. The Bertz CT molecular complexity index is 382. The molecule has 0 saturated heterocycles. The molecule has 0 unspecified atom stereocenters. The van der Waals surface area contributed by atoms with E-state index < -0.39 is 0 Å². The van der Waals surface area contributed by atoms with Gasteiger partial charge in [0, 0.05) is 12.0 Å². The van der Waals surface area contributed by atoms with Crippen LogP contribution >= 0.6 is 11.3 Å². The van der Waals surface area contributed by atoms with Gasteiger partial charge in [0.05, 0.1) is 10.7 Å². The van der Waals surface area contributed by atoms with Gasteiger partial charge in [-0.2, -0.15) is 0 Å². The molecule has 1 aromatic heterocycles. The number of aromatic nitrogens is 1. The summed E-state index contributed by atoms with van der Waals surface area (Å²) in [6.07, 6.45) is 0.832. The van der Waals surface area contributed by atoms with Gasteiger partial charge in [-0.1, -0.05) is 0 Å². The third-order valence-electron chi connectivity index (χ3n) is 2.07. The predicted octanol–water partition coefficient (Wildman–Crippen LogP) is 2.32. The van der Waals surface area contributed by atoms with Crippen molar-refractivity contribution in [1.82, 2.24) is 10.3 Å². The van der Waals surface area contributed by atoms with E-state index in [1.165, 1.54) is 11.3 Å². The summed E-state index contributed by atoms with van der Waals surface area (Å²) in [7, 11) is 0. The lowest BCUT2D eigenvalue weighted by Crippen LogP contribution is -2.48. The molecule has 0 aromatic carbocycles. The van der Waals surface area contributed by atoms with Crippen LogP contribution in [0.4, 0.5) is 0 Å². The number of carbonyl (C=O) groups excluding carboxylic acids is 1. The average molecular weight is 224 g/mol. The number of fused-ring (bicyclic) bond motifs is 1. The zero-order chi connectivity index (χ0) is 11.6. The zero-order valence-electron chi connectivity index (χ0n) is 9.39. The molecule has 1 amide bonds. The number of nitrogens with zero attached hydrogens (tertiary/aromatic N) is 1. The van der Waals surface area contributed by atoms with Crippen molar-refractivity contribution in [2.75, 3.05) is 0 Å². The van der Waals surface area contributed by atoms with Crippen molar-refractivity contribution >= 4 is 17.2 Å². The van der Waals surface area contributed by atoms with Gasteiger partial charge in [-0.05, 0) is 20.8 Å². The van der Waals surface area contributed by atoms with Crippen molar-refractivity contribution in [2.45, 2.75) is 32.7 Å². The summed E-state index contributed by atoms with van der Waals surface area (Å²) in [5.41, 5.74) is 0.807. The fourth-order valence-corrected chi connectivity index (χ4v) is 2.42. The maximum absolute atomic E-state index is 11.6. The van der Waals surface area contributed by atoms with E-state index in [0.717, 1.165) is 22.0 Å². The third kappa shape index (κ3) is 2.45. The molecule has 0 atom stereocenters. The zero-order valence-corrected chi connectivity index (χ0v) is 10.2. The number of carbonyl (C=O) groups is 1. The molecule has 0 fully saturated rings. The maximum atomic E-state index is 11.6. The van der Waals surface area contributed by atoms with E-state index in [9.17, 15) is 4.79 Å². The number of hydrogen-bond acceptors (Lipinski definition) is 3. The average Bonchev–Trinajstić information content (AvgIpc) is 2.47. The van der Waals surface area contributed by atoms with Gasteiger partial charge in [0.15, 0.2) is 0 Å². The third-order valence-corrected chi connectivity index (χ3v) is 3.08. The fourth-order valence-electron chi connectivity index (χ4n) is 1.59. The molecule has 0 bridgehead atoms. The normalized spacial score (nSPS) is 17.1. The van der Waals surface area contributed by atoms with E-state index in [0.29, 0.717) is 0 Å². The molecule has 15 heavy (non-hydrogen) atoms. The van der Waals surface area contributed by atoms with Crippen molar-refractivity contribution in [1.29, 1.82) is 0 Å². The van der Waals surface area contributed by atoms with Crippen molar-refractivity contribution in [3.63, 3.8) is 0 Å². The smallest absolute Gasteiger partial charge is 0.263 e. The first-order valence-corrected chi connectivity index (χ1v) is 5.58. The molecule has 2 rings (SSSR count). The second-order valence-electron chi connectivity index (χ2n) is 4.02. The van der Waals surface area contributed by atoms with Crippen LogP contribution in [0.25, 0.3) is 0 Å². The van der Waals surface area contributed by atoms with Crippen LogP contribution in [-0.4, -0.2) is 16.4 Å². The number of rotatable bonds is 0. The Balaban J connectivity index is 0.000000531. The molecule has 1 aromatic rings. The predicted molar refractivity (Wildman–Crippen MR) is 63.4 cm³/mol. The highest BCUT2D eigenvalue weighted by Crippen LogP contribution is 2.26. The topological polar surface area (TPSA) is 42.0 Å². The van der Waals surface area contributed by atoms with E-state index in [1.807, 2.05) is 20.8 Å². The summed E-state index contributed by atoms with van der Waals surface area (Å²) in [5.74, 6) is 0.0249. The second kappa shape index (κ2) is 4.14. The molecule has 0 radical (unpaired) electrons. The van der Waals surface area contributed by atoms with Crippen molar-refractivity contribution in [2.24, 2.45) is 0 Å². The van der Waals surface area contributed by atoms with Crippen LogP contribution in [0.15, 0.2) is 13.2 Å². The van der Waals surface area contributed by atoms with E-state index in [4.69, 9.17) is 0 Å². The minimum absolute atomic E-state index is 0.0249. The van der Waals surface area contributed by atoms with Gasteiger partial charge in [-0.3, -0.25) is 4.79 Å². The number of nitrogens with one attached hydrogen (secondary N) is 1. The summed E-state index contributed by atoms with van der Waals surface area (Å²) in [5, 5.41) is 3.93. The molecule has 3 nitrogen and oxygen atoms in total. The van der Waals surface area contributed by atoms with Gasteiger partial charge in [0.1, 0.15) is 4.88 Å². The quantitative estimate of drug-likeness (QED) is 0.687. The molecule has 1 aliphatic heterocycles. The van der Waals surface area contributed by atoms with Crippen LogP contribution in [-0.2, 0) is 6.42 Å². The summed E-state index contributed by atoms with van der Waals surface area (Å²) in [6.45, 7) is 12.0. The molecule has 4 heteroatoms. The number of amides is 1. The molecule has 1 N–H and O–H groups in total. The molecule has 0 spiro atoms. The van der Waals surface area contributed by atoms with E-state index >= 15 is 0 Å². The molecule has 2 heterocycles. The van der Waals surface area contributed by atoms with Gasteiger partial charge in [-0.15, -0.1) is 24.5 Å². The minimum Gasteiger partial charge on any atom is -0.346 e. The Hall–Kier alpha value is -1.16. The summed E-state index contributed by atoms with van der Waals surface area (Å²) in [6, 6.07) is 0. The fraction of sp³-hybridized carbons (Fsp3) is 0.455. The standard InChI is InChI=1S/C9H12N2OS.C2H4/c1-5-10-6-4-9(2,3)11-8(12)7(6)13-5;1-2/h4H2,1-3H3,(H,11,12);1-2H2. The molecular weight excluding hydrogens is 208 g/mol. The van der Waals surface area contributed by atoms with Crippen LogP contribution in [0, 0.1) is 6.92 Å². The van der Waals surface area contributed by atoms with Gasteiger partial charge in [0.25, 0.3) is 5.91 Å². The lowest BCUT2D eigenvalue weighted by atomic mass is 9.94. The van der Waals surface area contributed by atoms with E-state index in [1.54, 1.807) is 0 Å². The second-order valence-corrected chi connectivity index (χ2v) is 5.23. The summed E-state index contributed by atoms with van der Waals surface area (Å²) in [4.78, 5) is 16.7. The summed E-state index contributed by atoms with van der Waals surface area (Å²) >= 11 is 1.48. The SMILES string of the molecule is C=C.Cc1nc2c(s1)C(=O)NC(C)(C)C2. The highest BCUT2D eigenvalue weighted by atomic mass is 32.1. The van der Waals surface area contributed by atoms with Crippen LogP contribution in [0.1, 0.15) is 34.2 Å². The van der Waals surface area contributed by atoms with Gasteiger partial charge in [0.2, 0.25) is 0 Å². The number of thiazole rings is 1. The largest absolute Gasteiger partial charge is 0.346 e. The molecule has 82 valence electrons. The van der Waals surface area contributed by atoms with E-state index in [2.05, 4.69) is 23.5 Å². The Morgan fingerprint density at radius 1 is 1.47 bits per heavy atom. The Morgan fingerprint density at radius 3 is 2.67 bits per heavy atom. The lowest BCUT2D eigenvalue weighted by molar-refractivity contribution is 0.0901.